The molecule has 7 heteroatoms. The van der Waals surface area contributed by atoms with Gasteiger partial charge in [-0.2, -0.15) is 0 Å². The van der Waals surface area contributed by atoms with E-state index in [4.69, 9.17) is 19.0 Å². The van der Waals surface area contributed by atoms with Gasteiger partial charge in [0.25, 0.3) is 5.91 Å². The van der Waals surface area contributed by atoms with E-state index < -0.39 is 0 Å². The molecule has 0 bridgehead atoms. The molecule has 2 aromatic heterocycles. The Morgan fingerprint density at radius 1 is 1.27 bits per heavy atom. The van der Waals surface area contributed by atoms with Crippen LogP contribution >= 0.6 is 0 Å². The standard InChI is InChI=1S/C23H25N3O4/c1-4-20-22(15(2)25-30-20)19-10-6-9-18(24-19)21-14-26(11-12-29-21)23(27)16-7-5-8-17(13-16)28-3/h5-10,13,21H,4,11-12,14H2,1-3H3/t21-/m0/s1. The van der Waals surface area contributed by atoms with E-state index >= 15 is 0 Å². The molecule has 1 aromatic carbocycles. The van der Waals surface area contributed by atoms with Gasteiger partial charge in [-0.1, -0.05) is 24.2 Å². The van der Waals surface area contributed by atoms with Gasteiger partial charge in [0.15, 0.2) is 0 Å². The summed E-state index contributed by atoms with van der Waals surface area (Å²) in [4.78, 5) is 19.6. The number of aromatic nitrogens is 2. The second-order valence-electron chi connectivity index (χ2n) is 7.21. The van der Waals surface area contributed by atoms with Crippen LogP contribution in [-0.4, -0.2) is 47.8 Å². The summed E-state index contributed by atoms with van der Waals surface area (Å²) in [5.74, 6) is 1.44. The molecular formula is C23H25N3O4. The third-order valence-electron chi connectivity index (χ3n) is 5.28. The van der Waals surface area contributed by atoms with Crippen LogP contribution < -0.4 is 4.74 Å². The van der Waals surface area contributed by atoms with Gasteiger partial charge in [0.2, 0.25) is 0 Å². The third-order valence-corrected chi connectivity index (χ3v) is 5.28. The minimum absolute atomic E-state index is 0.0403. The number of nitrogens with zero attached hydrogens (tertiary/aromatic N) is 3. The summed E-state index contributed by atoms with van der Waals surface area (Å²) in [5, 5.41) is 4.08. The average molecular weight is 407 g/mol. The number of morpholine rings is 1. The summed E-state index contributed by atoms with van der Waals surface area (Å²) >= 11 is 0. The number of aryl methyl sites for hydroxylation is 2. The molecule has 0 radical (unpaired) electrons. The van der Waals surface area contributed by atoms with Crippen LogP contribution in [0.4, 0.5) is 0 Å². The van der Waals surface area contributed by atoms with Crippen molar-refractivity contribution in [2.24, 2.45) is 0 Å². The molecule has 1 atom stereocenters. The molecule has 4 rings (SSSR count). The number of pyridine rings is 1. The van der Waals surface area contributed by atoms with Crippen LogP contribution in [0.25, 0.3) is 11.3 Å². The Balaban J connectivity index is 1.56. The number of benzene rings is 1. The maximum absolute atomic E-state index is 13.0. The largest absolute Gasteiger partial charge is 0.497 e. The molecular weight excluding hydrogens is 382 g/mol. The lowest BCUT2D eigenvalue weighted by Gasteiger charge is -2.33. The maximum atomic E-state index is 13.0. The second-order valence-corrected chi connectivity index (χ2v) is 7.21. The van der Waals surface area contributed by atoms with E-state index in [-0.39, 0.29) is 12.0 Å². The molecule has 7 nitrogen and oxygen atoms in total. The van der Waals surface area contributed by atoms with Crippen molar-refractivity contribution in [1.82, 2.24) is 15.0 Å². The fourth-order valence-corrected chi connectivity index (χ4v) is 3.71. The highest BCUT2D eigenvalue weighted by Crippen LogP contribution is 2.29. The summed E-state index contributed by atoms with van der Waals surface area (Å²) < 4.78 is 16.6. The lowest BCUT2D eigenvalue weighted by molar-refractivity contribution is -0.0246. The van der Waals surface area contributed by atoms with Crippen molar-refractivity contribution in [3.05, 3.63) is 65.2 Å². The highest BCUT2D eigenvalue weighted by atomic mass is 16.5. The first-order valence-electron chi connectivity index (χ1n) is 10.1. The van der Waals surface area contributed by atoms with E-state index in [9.17, 15) is 4.79 Å². The molecule has 0 spiro atoms. The molecule has 156 valence electrons. The molecule has 30 heavy (non-hydrogen) atoms. The van der Waals surface area contributed by atoms with Gasteiger partial charge in [-0.25, -0.2) is 4.98 Å². The summed E-state index contributed by atoms with van der Waals surface area (Å²) in [7, 11) is 1.59. The van der Waals surface area contributed by atoms with E-state index in [0.29, 0.717) is 31.0 Å². The quantitative estimate of drug-likeness (QED) is 0.640. The van der Waals surface area contributed by atoms with Gasteiger partial charge in [-0.05, 0) is 37.3 Å². The van der Waals surface area contributed by atoms with Crippen LogP contribution in [0, 0.1) is 6.92 Å². The van der Waals surface area contributed by atoms with Gasteiger partial charge < -0.3 is 18.9 Å². The Hall–Kier alpha value is -3.19. The number of carbonyl (C=O) groups excluding carboxylic acids is 1. The predicted molar refractivity (Wildman–Crippen MR) is 111 cm³/mol. The number of methoxy groups -OCH3 is 1. The van der Waals surface area contributed by atoms with Crippen molar-refractivity contribution in [3.8, 4) is 17.0 Å². The van der Waals surface area contributed by atoms with Gasteiger partial charge in [0.05, 0.1) is 42.9 Å². The molecule has 1 amide bonds. The van der Waals surface area contributed by atoms with E-state index in [2.05, 4.69) is 5.16 Å². The Kier molecular flexibility index (Phi) is 5.81. The molecule has 1 fully saturated rings. The van der Waals surface area contributed by atoms with Crippen LogP contribution in [0.5, 0.6) is 5.75 Å². The summed E-state index contributed by atoms with van der Waals surface area (Å²) in [6, 6.07) is 13.0. The van der Waals surface area contributed by atoms with Crippen molar-refractivity contribution in [1.29, 1.82) is 0 Å². The number of hydrogen-bond acceptors (Lipinski definition) is 6. The SMILES string of the molecule is CCc1onc(C)c1-c1cccc([C@@H]2CN(C(=O)c3cccc(OC)c3)CCO2)n1. The molecule has 1 aliphatic heterocycles. The van der Waals surface area contributed by atoms with Crippen molar-refractivity contribution in [2.45, 2.75) is 26.4 Å². The lowest BCUT2D eigenvalue weighted by Crippen LogP contribution is -2.42. The van der Waals surface area contributed by atoms with Gasteiger partial charge in [0.1, 0.15) is 17.6 Å². The normalized spacial score (nSPS) is 16.5. The molecule has 3 aromatic rings. The fourth-order valence-electron chi connectivity index (χ4n) is 3.71. The molecule has 1 saturated heterocycles. The van der Waals surface area contributed by atoms with Gasteiger partial charge >= 0.3 is 0 Å². The summed E-state index contributed by atoms with van der Waals surface area (Å²) in [6.07, 6.45) is 0.448. The van der Waals surface area contributed by atoms with Crippen LogP contribution in [0.3, 0.4) is 0 Å². The predicted octanol–water partition coefficient (Wildman–Crippen LogP) is 3.83. The number of ether oxygens (including phenoxy) is 2. The number of carbonyl (C=O) groups is 1. The zero-order valence-corrected chi connectivity index (χ0v) is 17.4. The van der Waals surface area contributed by atoms with E-state index in [0.717, 1.165) is 34.8 Å². The Morgan fingerprint density at radius 2 is 2.10 bits per heavy atom. The van der Waals surface area contributed by atoms with Crippen molar-refractivity contribution < 1.29 is 18.8 Å². The Morgan fingerprint density at radius 3 is 2.90 bits per heavy atom. The van der Waals surface area contributed by atoms with Crippen LogP contribution in [0.15, 0.2) is 47.0 Å². The van der Waals surface area contributed by atoms with Crippen LogP contribution in [0.2, 0.25) is 0 Å². The Bertz CT molecular complexity index is 1050. The topological polar surface area (TPSA) is 77.7 Å². The first-order valence-corrected chi connectivity index (χ1v) is 10.1. The molecule has 0 N–H and O–H groups in total. The summed E-state index contributed by atoms with van der Waals surface area (Å²) in [6.45, 7) is 5.38. The minimum atomic E-state index is -0.293. The van der Waals surface area contributed by atoms with Gasteiger partial charge in [-0.3, -0.25) is 4.79 Å². The second kappa shape index (κ2) is 8.67. The van der Waals surface area contributed by atoms with Gasteiger partial charge in [0, 0.05) is 18.5 Å². The average Bonchev–Trinajstić information content (AvgIpc) is 3.19. The molecule has 0 saturated carbocycles. The number of amides is 1. The van der Waals surface area contributed by atoms with Crippen molar-refractivity contribution in [3.63, 3.8) is 0 Å². The van der Waals surface area contributed by atoms with Crippen LogP contribution in [0.1, 0.15) is 40.5 Å². The van der Waals surface area contributed by atoms with Crippen molar-refractivity contribution >= 4 is 5.91 Å². The monoisotopic (exact) mass is 407 g/mol. The van der Waals surface area contributed by atoms with E-state index in [1.807, 2.05) is 44.2 Å². The molecule has 0 aliphatic carbocycles. The summed E-state index contributed by atoms with van der Waals surface area (Å²) in [5.41, 5.74) is 3.95. The highest BCUT2D eigenvalue weighted by molar-refractivity contribution is 5.94. The minimum Gasteiger partial charge on any atom is -0.497 e. The Labute approximate surface area is 175 Å². The zero-order valence-electron chi connectivity index (χ0n) is 17.4. The van der Waals surface area contributed by atoms with E-state index in [1.54, 1.807) is 24.1 Å². The lowest BCUT2D eigenvalue weighted by atomic mass is 10.1. The van der Waals surface area contributed by atoms with Crippen molar-refractivity contribution in [2.75, 3.05) is 26.8 Å². The van der Waals surface area contributed by atoms with E-state index in [1.165, 1.54) is 0 Å². The maximum Gasteiger partial charge on any atom is 0.254 e. The zero-order chi connectivity index (χ0) is 21.1. The number of rotatable bonds is 5. The van der Waals surface area contributed by atoms with Crippen LogP contribution in [-0.2, 0) is 11.2 Å². The first kappa shape index (κ1) is 20.1. The van der Waals surface area contributed by atoms with Gasteiger partial charge in [-0.15, -0.1) is 0 Å². The first-order chi connectivity index (χ1) is 14.6. The number of hydrogen-bond donors (Lipinski definition) is 0. The molecule has 0 unspecified atom stereocenters. The molecule has 3 heterocycles. The fraction of sp³-hybridized carbons (Fsp3) is 0.348. The molecule has 1 aliphatic rings. The third kappa shape index (κ3) is 3.93. The smallest absolute Gasteiger partial charge is 0.254 e. The highest BCUT2D eigenvalue weighted by Gasteiger charge is 2.28.